The smallest absolute Gasteiger partial charge is 0.452 e. The number of fused-ring (bicyclic) bond motifs is 2. The van der Waals surface area contributed by atoms with E-state index in [1.54, 1.807) is 0 Å². The van der Waals surface area contributed by atoms with E-state index in [0.717, 1.165) is 42.7 Å². The number of pyridine rings is 1. The Morgan fingerprint density at radius 1 is 1.15 bits per heavy atom. The van der Waals surface area contributed by atoms with E-state index in [4.69, 9.17) is 10.7 Å². The van der Waals surface area contributed by atoms with Gasteiger partial charge >= 0.3 is 12.1 Å². The lowest BCUT2D eigenvalue weighted by Crippen LogP contribution is -2.38. The third-order valence-corrected chi connectivity index (χ3v) is 5.67. The summed E-state index contributed by atoms with van der Waals surface area (Å²) in [5.41, 5.74) is 9.57. The van der Waals surface area contributed by atoms with E-state index in [0.29, 0.717) is 5.69 Å². The van der Waals surface area contributed by atoms with Crippen molar-refractivity contribution in [2.75, 3.05) is 29.9 Å². The van der Waals surface area contributed by atoms with Crippen LogP contribution in [0.3, 0.4) is 0 Å². The summed E-state index contributed by atoms with van der Waals surface area (Å²) in [5.74, 6) is -1.48. The molecule has 0 radical (unpaired) electrons. The molecule has 0 bridgehead atoms. The van der Waals surface area contributed by atoms with Gasteiger partial charge < -0.3 is 20.7 Å². The lowest BCUT2D eigenvalue weighted by atomic mass is 10.0. The fraction of sp³-hybridized carbons (Fsp3) is 0.333. The molecule has 174 valence electrons. The Morgan fingerprint density at radius 2 is 1.88 bits per heavy atom. The number of esters is 1. The summed E-state index contributed by atoms with van der Waals surface area (Å²) in [6.07, 6.45) is -4.21. The number of rotatable bonds is 6. The highest BCUT2D eigenvalue weighted by atomic mass is 19.4. The molecule has 0 saturated heterocycles. The van der Waals surface area contributed by atoms with Crippen LogP contribution in [0.4, 0.5) is 24.7 Å². The van der Waals surface area contributed by atoms with Gasteiger partial charge in [0.05, 0.1) is 12.1 Å². The molecule has 33 heavy (non-hydrogen) atoms. The van der Waals surface area contributed by atoms with Crippen LogP contribution in [0.15, 0.2) is 54.6 Å². The van der Waals surface area contributed by atoms with Crippen molar-refractivity contribution in [3.05, 3.63) is 65.7 Å². The van der Waals surface area contributed by atoms with E-state index in [1.165, 1.54) is 11.1 Å². The second kappa shape index (κ2) is 9.66. The van der Waals surface area contributed by atoms with Gasteiger partial charge in [-0.15, -0.1) is 0 Å². The topological polar surface area (TPSA) is 80.5 Å². The standard InChI is InChI=1S/C24H25F3N4O2/c25-24(26,27)23(32)33-18(13-28)14-29-21-12-22(30-20-10-4-3-9-19(20)21)31-11-5-8-16-6-1-2-7-17(16)15-31/h1-4,6-7,9-10,12,18H,5,8,11,13-15,28H2,(H,29,30). The van der Waals surface area contributed by atoms with Gasteiger partial charge in [0.15, 0.2) is 0 Å². The van der Waals surface area contributed by atoms with Crippen LogP contribution in [0.2, 0.25) is 0 Å². The molecule has 3 N–H and O–H groups in total. The number of benzene rings is 2. The van der Waals surface area contributed by atoms with Gasteiger partial charge in [0.2, 0.25) is 0 Å². The van der Waals surface area contributed by atoms with Gasteiger partial charge in [-0.3, -0.25) is 0 Å². The molecule has 0 fully saturated rings. The van der Waals surface area contributed by atoms with Gasteiger partial charge in [0, 0.05) is 36.8 Å². The van der Waals surface area contributed by atoms with Crippen molar-refractivity contribution in [2.24, 2.45) is 5.73 Å². The summed E-state index contributed by atoms with van der Waals surface area (Å²) in [5, 5.41) is 3.93. The summed E-state index contributed by atoms with van der Waals surface area (Å²) in [6.45, 7) is 1.24. The van der Waals surface area contributed by atoms with E-state index in [-0.39, 0.29) is 13.1 Å². The fourth-order valence-electron chi connectivity index (χ4n) is 3.98. The first kappa shape index (κ1) is 22.8. The summed E-state index contributed by atoms with van der Waals surface area (Å²) >= 11 is 0. The lowest BCUT2D eigenvalue weighted by molar-refractivity contribution is -0.203. The molecule has 0 aliphatic carbocycles. The van der Waals surface area contributed by atoms with Crippen molar-refractivity contribution in [1.29, 1.82) is 0 Å². The molecule has 2 heterocycles. The van der Waals surface area contributed by atoms with Crippen molar-refractivity contribution >= 4 is 28.4 Å². The number of aromatic nitrogens is 1. The van der Waals surface area contributed by atoms with Gasteiger partial charge in [0.25, 0.3) is 0 Å². The van der Waals surface area contributed by atoms with Crippen LogP contribution >= 0.6 is 0 Å². The number of alkyl halides is 3. The number of anilines is 2. The number of ether oxygens (including phenoxy) is 1. The molecule has 1 atom stereocenters. The number of hydrogen-bond acceptors (Lipinski definition) is 6. The molecule has 0 spiro atoms. The number of nitrogens with two attached hydrogens (primary N) is 1. The summed E-state index contributed by atoms with van der Waals surface area (Å²) in [7, 11) is 0. The minimum absolute atomic E-state index is 0.0609. The van der Waals surface area contributed by atoms with Crippen molar-refractivity contribution in [3.63, 3.8) is 0 Å². The van der Waals surface area contributed by atoms with E-state index < -0.39 is 18.2 Å². The van der Waals surface area contributed by atoms with Crippen LogP contribution in [-0.2, 0) is 22.5 Å². The van der Waals surface area contributed by atoms with E-state index in [1.807, 2.05) is 42.5 Å². The van der Waals surface area contributed by atoms with Crippen LogP contribution in [0.5, 0.6) is 0 Å². The molecule has 9 heteroatoms. The monoisotopic (exact) mass is 458 g/mol. The molecule has 0 amide bonds. The molecule has 4 rings (SSSR count). The fourth-order valence-corrected chi connectivity index (χ4v) is 3.98. The first-order valence-corrected chi connectivity index (χ1v) is 10.8. The molecular weight excluding hydrogens is 433 g/mol. The van der Waals surface area contributed by atoms with Gasteiger partial charge in [-0.1, -0.05) is 42.5 Å². The first-order valence-electron chi connectivity index (χ1n) is 10.8. The number of carbonyl (C=O) groups is 1. The van der Waals surface area contributed by atoms with Crippen molar-refractivity contribution < 1.29 is 22.7 Å². The average molecular weight is 458 g/mol. The first-order chi connectivity index (χ1) is 15.8. The number of carbonyl (C=O) groups excluding carboxylic acids is 1. The third kappa shape index (κ3) is 5.36. The quantitative estimate of drug-likeness (QED) is 0.543. The molecule has 6 nitrogen and oxygen atoms in total. The number of halogens is 3. The zero-order chi connectivity index (χ0) is 23.4. The number of nitrogens with zero attached hydrogens (tertiary/aromatic N) is 2. The zero-order valence-electron chi connectivity index (χ0n) is 17.9. The summed E-state index contributed by atoms with van der Waals surface area (Å²) in [4.78, 5) is 18.2. The number of para-hydroxylation sites is 1. The Morgan fingerprint density at radius 3 is 2.64 bits per heavy atom. The zero-order valence-corrected chi connectivity index (χ0v) is 17.9. The van der Waals surface area contributed by atoms with E-state index >= 15 is 0 Å². The molecule has 1 aliphatic rings. The highest BCUT2D eigenvalue weighted by Gasteiger charge is 2.42. The Kier molecular flexibility index (Phi) is 6.69. The van der Waals surface area contributed by atoms with Crippen LogP contribution in [0.25, 0.3) is 10.9 Å². The average Bonchev–Trinajstić information content (AvgIpc) is 3.03. The maximum Gasteiger partial charge on any atom is 0.490 e. The lowest BCUT2D eigenvalue weighted by Gasteiger charge is -2.24. The van der Waals surface area contributed by atoms with Crippen molar-refractivity contribution in [1.82, 2.24) is 4.98 Å². The number of aryl methyl sites for hydroxylation is 1. The normalized spacial score (nSPS) is 15.0. The Balaban J connectivity index is 1.59. The van der Waals surface area contributed by atoms with Crippen molar-refractivity contribution in [2.45, 2.75) is 31.7 Å². The molecule has 1 unspecified atom stereocenters. The minimum Gasteiger partial charge on any atom is -0.452 e. The number of hydrogen-bond donors (Lipinski definition) is 2. The second-order valence-electron chi connectivity index (χ2n) is 7.98. The third-order valence-electron chi connectivity index (χ3n) is 5.67. The van der Waals surface area contributed by atoms with E-state index in [2.05, 4.69) is 27.1 Å². The Labute approximate surface area is 189 Å². The van der Waals surface area contributed by atoms with Crippen LogP contribution in [-0.4, -0.2) is 42.9 Å². The van der Waals surface area contributed by atoms with Gasteiger partial charge in [0.1, 0.15) is 11.9 Å². The molecule has 1 aliphatic heterocycles. The Hall–Kier alpha value is -3.33. The van der Waals surface area contributed by atoms with Crippen LogP contribution in [0.1, 0.15) is 17.5 Å². The predicted octanol–water partition coefficient (Wildman–Crippen LogP) is 4.03. The predicted molar refractivity (Wildman–Crippen MR) is 121 cm³/mol. The largest absolute Gasteiger partial charge is 0.490 e. The maximum absolute atomic E-state index is 12.6. The molecular formula is C24H25F3N4O2. The SMILES string of the molecule is NCC(CNc1cc(N2CCCc3ccccc3C2)nc2ccccc12)OC(=O)C(F)(F)F. The maximum atomic E-state index is 12.6. The minimum atomic E-state index is -5.06. The van der Waals surface area contributed by atoms with Gasteiger partial charge in [-0.25, -0.2) is 9.78 Å². The van der Waals surface area contributed by atoms with E-state index in [9.17, 15) is 18.0 Å². The van der Waals surface area contributed by atoms with Crippen molar-refractivity contribution in [3.8, 4) is 0 Å². The molecule has 1 aromatic heterocycles. The van der Waals surface area contributed by atoms with Crippen LogP contribution in [0, 0.1) is 0 Å². The molecule has 3 aromatic rings. The second-order valence-corrected chi connectivity index (χ2v) is 7.98. The van der Waals surface area contributed by atoms with Gasteiger partial charge in [-0.2, -0.15) is 13.2 Å². The summed E-state index contributed by atoms with van der Waals surface area (Å²) in [6, 6.07) is 17.7. The Bertz CT molecular complexity index is 1140. The summed E-state index contributed by atoms with van der Waals surface area (Å²) < 4.78 is 42.2. The molecule has 2 aromatic carbocycles. The molecule has 0 saturated carbocycles. The number of nitrogens with one attached hydrogen (secondary N) is 1. The highest BCUT2D eigenvalue weighted by Crippen LogP contribution is 2.30. The van der Waals surface area contributed by atoms with Gasteiger partial charge in [-0.05, 0) is 30.0 Å². The van der Waals surface area contributed by atoms with Crippen LogP contribution < -0.4 is 16.0 Å². The highest BCUT2D eigenvalue weighted by molar-refractivity contribution is 5.93.